The molecule has 0 amide bonds. The molecule has 1 fully saturated rings. The Morgan fingerprint density at radius 3 is 2.61 bits per heavy atom. The van der Waals surface area contributed by atoms with Crippen LogP contribution in [0.1, 0.15) is 39.5 Å². The summed E-state index contributed by atoms with van der Waals surface area (Å²) in [4.78, 5) is 0. The summed E-state index contributed by atoms with van der Waals surface area (Å²) in [7, 11) is 0. The molecule has 1 saturated carbocycles. The molecule has 2 unspecified atom stereocenters. The van der Waals surface area contributed by atoms with Crippen LogP contribution in [0.5, 0.6) is 0 Å². The molecule has 0 aromatic rings. The lowest BCUT2D eigenvalue weighted by Gasteiger charge is -2.16. The molecule has 0 aromatic heterocycles. The van der Waals surface area contributed by atoms with Gasteiger partial charge in [-0.25, -0.2) is 0 Å². The first kappa shape index (κ1) is 15.9. The highest BCUT2D eigenvalue weighted by Gasteiger charge is 2.27. The average molecular weight is 259 g/mol. The van der Waals surface area contributed by atoms with E-state index in [0.29, 0.717) is 32.4 Å². The number of hydrogen-bond donors (Lipinski definition) is 2. The second kappa shape index (κ2) is 9.73. The molecule has 108 valence electrons. The van der Waals surface area contributed by atoms with Crippen LogP contribution in [0, 0.1) is 5.92 Å². The molecule has 0 radical (unpaired) electrons. The zero-order valence-corrected chi connectivity index (χ0v) is 11.9. The predicted molar refractivity (Wildman–Crippen MR) is 72.7 cm³/mol. The molecule has 0 saturated heterocycles. The van der Waals surface area contributed by atoms with E-state index in [1.165, 1.54) is 12.8 Å². The molecule has 0 spiro atoms. The Morgan fingerprint density at radius 2 is 1.94 bits per heavy atom. The summed E-state index contributed by atoms with van der Waals surface area (Å²) in [6, 6.07) is 0.525. The molecular weight excluding hydrogens is 230 g/mol. The number of aliphatic hydroxyl groups is 1. The Balaban J connectivity index is 1.82. The summed E-state index contributed by atoms with van der Waals surface area (Å²) in [5.41, 5.74) is 0. The van der Waals surface area contributed by atoms with Crippen molar-refractivity contribution >= 4 is 0 Å². The number of rotatable bonds is 12. The van der Waals surface area contributed by atoms with Gasteiger partial charge in [0.15, 0.2) is 0 Å². The minimum Gasteiger partial charge on any atom is -0.389 e. The molecule has 0 bridgehead atoms. The first-order chi connectivity index (χ1) is 8.74. The van der Waals surface area contributed by atoms with Gasteiger partial charge in [0.2, 0.25) is 0 Å². The number of aliphatic hydroxyl groups excluding tert-OH is 1. The van der Waals surface area contributed by atoms with Crippen LogP contribution < -0.4 is 5.32 Å². The lowest BCUT2D eigenvalue weighted by molar-refractivity contribution is 0.00317. The zero-order chi connectivity index (χ0) is 13.2. The predicted octanol–water partition coefficient (Wildman–Crippen LogP) is 1.57. The summed E-state index contributed by atoms with van der Waals surface area (Å²) in [5, 5.41) is 13.1. The molecule has 2 atom stereocenters. The van der Waals surface area contributed by atoms with E-state index >= 15 is 0 Å². The Bertz CT molecular complexity index is 197. The largest absolute Gasteiger partial charge is 0.389 e. The first-order valence-electron chi connectivity index (χ1n) is 7.31. The Kier molecular flexibility index (Phi) is 8.59. The summed E-state index contributed by atoms with van der Waals surface area (Å²) in [5.74, 6) is 0.824. The molecule has 0 aliphatic heterocycles. The normalized spacial score (nSPS) is 18.8. The third kappa shape index (κ3) is 8.03. The highest BCUT2D eigenvalue weighted by atomic mass is 16.5. The van der Waals surface area contributed by atoms with Crippen molar-refractivity contribution in [3.8, 4) is 0 Å². The van der Waals surface area contributed by atoms with Crippen molar-refractivity contribution in [3.63, 3.8) is 0 Å². The Labute approximate surface area is 111 Å². The van der Waals surface area contributed by atoms with Gasteiger partial charge < -0.3 is 19.9 Å². The molecule has 18 heavy (non-hydrogen) atoms. The van der Waals surface area contributed by atoms with E-state index in [0.717, 1.165) is 25.4 Å². The van der Waals surface area contributed by atoms with E-state index < -0.39 is 6.10 Å². The van der Waals surface area contributed by atoms with Gasteiger partial charge in [-0.1, -0.05) is 13.3 Å². The average Bonchev–Trinajstić information content (AvgIpc) is 3.19. The van der Waals surface area contributed by atoms with Crippen molar-refractivity contribution in [3.05, 3.63) is 0 Å². The van der Waals surface area contributed by atoms with Crippen molar-refractivity contribution in [2.45, 2.75) is 51.7 Å². The number of hydrogen-bond acceptors (Lipinski definition) is 4. The minimum absolute atomic E-state index is 0.390. The number of ether oxygens (including phenoxy) is 2. The highest BCUT2D eigenvalue weighted by Crippen LogP contribution is 2.32. The molecular formula is C14H29NO3. The second-order valence-corrected chi connectivity index (χ2v) is 5.23. The van der Waals surface area contributed by atoms with E-state index in [4.69, 9.17) is 9.47 Å². The third-order valence-corrected chi connectivity index (χ3v) is 3.33. The smallest absolute Gasteiger partial charge is 0.0897 e. The quantitative estimate of drug-likeness (QED) is 0.522. The second-order valence-electron chi connectivity index (χ2n) is 5.23. The Morgan fingerprint density at radius 1 is 1.22 bits per heavy atom. The van der Waals surface area contributed by atoms with Crippen LogP contribution in [0.25, 0.3) is 0 Å². The van der Waals surface area contributed by atoms with Gasteiger partial charge >= 0.3 is 0 Å². The maximum atomic E-state index is 9.71. The fourth-order valence-electron chi connectivity index (χ4n) is 1.83. The molecule has 1 rings (SSSR count). The SMILES string of the molecule is CCCCOCCOCC(O)CNC(C)C1CC1. The van der Waals surface area contributed by atoms with Crippen LogP contribution in [0.2, 0.25) is 0 Å². The molecule has 1 aliphatic rings. The maximum absolute atomic E-state index is 9.71. The number of nitrogens with one attached hydrogen (secondary N) is 1. The summed E-state index contributed by atoms with van der Waals surface area (Å²) in [6.07, 6.45) is 4.50. The van der Waals surface area contributed by atoms with E-state index in [9.17, 15) is 5.11 Å². The highest BCUT2D eigenvalue weighted by molar-refractivity contribution is 4.83. The van der Waals surface area contributed by atoms with Gasteiger partial charge in [0.05, 0.1) is 25.9 Å². The van der Waals surface area contributed by atoms with Gasteiger partial charge in [-0.05, 0) is 32.1 Å². The van der Waals surface area contributed by atoms with Crippen molar-refractivity contribution in [1.29, 1.82) is 0 Å². The molecule has 2 N–H and O–H groups in total. The molecule has 4 nitrogen and oxygen atoms in total. The van der Waals surface area contributed by atoms with Crippen LogP contribution >= 0.6 is 0 Å². The van der Waals surface area contributed by atoms with Gasteiger partial charge in [-0.3, -0.25) is 0 Å². The minimum atomic E-state index is -0.415. The van der Waals surface area contributed by atoms with Crippen LogP contribution in [0.15, 0.2) is 0 Å². The van der Waals surface area contributed by atoms with E-state index in [1.54, 1.807) is 0 Å². The van der Waals surface area contributed by atoms with Gasteiger partial charge in [0.1, 0.15) is 0 Å². The van der Waals surface area contributed by atoms with Gasteiger partial charge in [0.25, 0.3) is 0 Å². The topological polar surface area (TPSA) is 50.7 Å². The maximum Gasteiger partial charge on any atom is 0.0897 e. The summed E-state index contributed by atoms with van der Waals surface area (Å²) < 4.78 is 10.7. The van der Waals surface area contributed by atoms with Crippen molar-refractivity contribution in [1.82, 2.24) is 5.32 Å². The van der Waals surface area contributed by atoms with Crippen LogP contribution in [0.3, 0.4) is 0 Å². The number of unbranched alkanes of at least 4 members (excludes halogenated alkanes) is 1. The molecule has 1 aliphatic carbocycles. The van der Waals surface area contributed by atoms with Crippen molar-refractivity contribution in [2.24, 2.45) is 5.92 Å². The van der Waals surface area contributed by atoms with E-state index in [1.807, 2.05) is 0 Å². The van der Waals surface area contributed by atoms with E-state index in [-0.39, 0.29) is 0 Å². The lowest BCUT2D eigenvalue weighted by Crippen LogP contribution is -2.37. The van der Waals surface area contributed by atoms with Gasteiger partial charge in [0, 0.05) is 19.2 Å². The van der Waals surface area contributed by atoms with Crippen molar-refractivity contribution < 1.29 is 14.6 Å². The summed E-state index contributed by atoms with van der Waals surface area (Å²) in [6.45, 7) is 7.34. The lowest BCUT2D eigenvalue weighted by atomic mass is 10.2. The third-order valence-electron chi connectivity index (χ3n) is 3.33. The van der Waals surface area contributed by atoms with Crippen molar-refractivity contribution in [2.75, 3.05) is 33.0 Å². The fraction of sp³-hybridized carbons (Fsp3) is 1.00. The van der Waals surface area contributed by atoms with Crippen LogP contribution in [-0.4, -0.2) is 50.2 Å². The molecule has 0 heterocycles. The fourth-order valence-corrected chi connectivity index (χ4v) is 1.83. The first-order valence-corrected chi connectivity index (χ1v) is 7.31. The molecule has 0 aromatic carbocycles. The van der Waals surface area contributed by atoms with Gasteiger partial charge in [-0.2, -0.15) is 0 Å². The van der Waals surface area contributed by atoms with Gasteiger partial charge in [-0.15, -0.1) is 0 Å². The van der Waals surface area contributed by atoms with Crippen LogP contribution in [0.4, 0.5) is 0 Å². The Hall–Kier alpha value is -0.160. The standard InChI is InChI=1S/C14H29NO3/c1-3-4-7-17-8-9-18-11-14(16)10-15-12(2)13-5-6-13/h12-16H,3-11H2,1-2H3. The van der Waals surface area contributed by atoms with Crippen LogP contribution in [-0.2, 0) is 9.47 Å². The molecule has 4 heteroatoms. The summed E-state index contributed by atoms with van der Waals surface area (Å²) >= 11 is 0. The zero-order valence-electron chi connectivity index (χ0n) is 11.9. The van der Waals surface area contributed by atoms with E-state index in [2.05, 4.69) is 19.2 Å². The monoisotopic (exact) mass is 259 g/mol.